The molecule has 0 saturated heterocycles. The number of aromatic nitrogens is 2. The minimum atomic E-state index is -0.512. The van der Waals surface area contributed by atoms with E-state index in [1.807, 2.05) is 0 Å². The van der Waals surface area contributed by atoms with Gasteiger partial charge in [0.1, 0.15) is 6.10 Å². The van der Waals surface area contributed by atoms with Crippen LogP contribution in [0.5, 0.6) is 5.88 Å². The average molecular weight is 240 g/mol. The third-order valence-corrected chi connectivity index (χ3v) is 3.23. The highest BCUT2D eigenvalue weighted by molar-refractivity contribution is 5.36. The maximum Gasteiger partial charge on any atom is 0.426 e. The van der Waals surface area contributed by atoms with E-state index in [0.29, 0.717) is 18.3 Å². The summed E-state index contributed by atoms with van der Waals surface area (Å²) in [5.74, 6) is 1.09. The summed E-state index contributed by atoms with van der Waals surface area (Å²) >= 11 is 0. The predicted octanol–water partition coefficient (Wildman–Crippen LogP) is 0.753. The third-order valence-electron chi connectivity index (χ3n) is 3.23. The number of nitrogens with zero attached hydrogens (tertiary/aromatic N) is 3. The minimum Gasteiger partial charge on any atom is -0.469 e. The average Bonchev–Trinajstić information content (AvgIpc) is 2.50. The number of ether oxygens (including phenoxy) is 1. The zero-order chi connectivity index (χ0) is 12.6. The first kappa shape index (κ1) is 11.8. The van der Waals surface area contributed by atoms with Crippen molar-refractivity contribution in [3.63, 3.8) is 0 Å². The van der Waals surface area contributed by atoms with E-state index in [1.165, 1.54) is 0 Å². The highest BCUT2D eigenvalue weighted by Gasteiger charge is 2.34. The molecule has 1 aliphatic carbocycles. The van der Waals surface area contributed by atoms with Crippen LogP contribution in [0.15, 0.2) is 0 Å². The van der Waals surface area contributed by atoms with Crippen LogP contribution < -0.4 is 10.5 Å². The molecule has 0 aliphatic heterocycles. The standard InChI is InChI=1S/C10H16N4O3/c1-6-12-9(14(15)16)10(13(6)2)17-8-3-7(4-8)5-11/h7-8H,3-5,11H2,1-2H3. The van der Waals surface area contributed by atoms with Gasteiger partial charge in [-0.05, 0) is 35.2 Å². The molecule has 0 bridgehead atoms. The van der Waals surface area contributed by atoms with Crippen LogP contribution in [0.3, 0.4) is 0 Å². The van der Waals surface area contributed by atoms with Crippen molar-refractivity contribution in [3.05, 3.63) is 15.9 Å². The van der Waals surface area contributed by atoms with E-state index < -0.39 is 4.92 Å². The summed E-state index contributed by atoms with van der Waals surface area (Å²) in [6, 6.07) is 0. The van der Waals surface area contributed by atoms with Gasteiger partial charge in [-0.1, -0.05) is 0 Å². The number of nitro groups is 1. The van der Waals surface area contributed by atoms with Crippen LogP contribution in [0.1, 0.15) is 18.7 Å². The molecule has 0 unspecified atom stereocenters. The molecule has 1 heterocycles. The molecule has 1 fully saturated rings. The summed E-state index contributed by atoms with van der Waals surface area (Å²) in [7, 11) is 1.71. The van der Waals surface area contributed by atoms with E-state index in [2.05, 4.69) is 4.98 Å². The normalized spacial score (nSPS) is 23.2. The summed E-state index contributed by atoms with van der Waals surface area (Å²) in [4.78, 5) is 14.2. The predicted molar refractivity (Wildman–Crippen MR) is 60.8 cm³/mol. The van der Waals surface area contributed by atoms with Gasteiger partial charge >= 0.3 is 5.82 Å². The molecule has 1 aliphatic rings. The zero-order valence-electron chi connectivity index (χ0n) is 9.92. The fourth-order valence-corrected chi connectivity index (χ4v) is 1.94. The van der Waals surface area contributed by atoms with E-state index in [1.54, 1.807) is 18.5 Å². The minimum absolute atomic E-state index is 0.0250. The largest absolute Gasteiger partial charge is 0.469 e. The van der Waals surface area contributed by atoms with Gasteiger partial charge in [-0.25, -0.2) is 0 Å². The van der Waals surface area contributed by atoms with Gasteiger partial charge in [0.25, 0.3) is 5.88 Å². The second-order valence-electron chi connectivity index (χ2n) is 4.42. The summed E-state index contributed by atoms with van der Waals surface area (Å²) in [5.41, 5.74) is 5.52. The van der Waals surface area contributed by atoms with Crippen molar-refractivity contribution in [3.8, 4) is 5.88 Å². The molecule has 1 saturated carbocycles. The SMILES string of the molecule is Cc1nc([N+](=O)[O-])c(OC2CC(CN)C2)n1C. The number of nitrogens with two attached hydrogens (primary N) is 1. The highest BCUT2D eigenvalue weighted by atomic mass is 16.6. The second kappa shape index (κ2) is 4.33. The lowest BCUT2D eigenvalue weighted by Gasteiger charge is -2.33. The van der Waals surface area contributed by atoms with Gasteiger partial charge in [0, 0.05) is 14.0 Å². The molecule has 0 spiro atoms. The van der Waals surface area contributed by atoms with Crippen molar-refractivity contribution in [2.24, 2.45) is 18.7 Å². The summed E-state index contributed by atoms with van der Waals surface area (Å²) < 4.78 is 7.23. The van der Waals surface area contributed by atoms with Crippen LogP contribution in [0.25, 0.3) is 0 Å². The molecule has 0 aromatic carbocycles. The van der Waals surface area contributed by atoms with Crippen LogP contribution in [0.2, 0.25) is 0 Å². The summed E-state index contributed by atoms with van der Waals surface area (Å²) in [5, 5.41) is 10.8. The Bertz CT molecular complexity index is 437. The lowest BCUT2D eigenvalue weighted by atomic mass is 9.82. The van der Waals surface area contributed by atoms with Gasteiger partial charge in [-0.15, -0.1) is 0 Å². The van der Waals surface area contributed by atoms with E-state index in [0.717, 1.165) is 12.8 Å². The fraction of sp³-hybridized carbons (Fsp3) is 0.700. The van der Waals surface area contributed by atoms with E-state index in [9.17, 15) is 10.1 Å². The van der Waals surface area contributed by atoms with Gasteiger partial charge in [0.05, 0.1) is 0 Å². The monoisotopic (exact) mass is 240 g/mol. The van der Waals surface area contributed by atoms with Gasteiger partial charge in [0.2, 0.25) is 5.82 Å². The Morgan fingerprint density at radius 3 is 2.82 bits per heavy atom. The summed E-state index contributed by atoms with van der Waals surface area (Å²) in [6.07, 6.45) is 1.74. The molecule has 17 heavy (non-hydrogen) atoms. The van der Waals surface area contributed by atoms with Crippen molar-refractivity contribution in [1.82, 2.24) is 9.55 Å². The lowest BCUT2D eigenvalue weighted by molar-refractivity contribution is -0.390. The number of hydrogen-bond donors (Lipinski definition) is 1. The third kappa shape index (κ3) is 2.10. The maximum atomic E-state index is 10.8. The second-order valence-corrected chi connectivity index (χ2v) is 4.42. The Hall–Kier alpha value is -1.63. The summed E-state index contributed by atoms with van der Waals surface area (Å²) in [6.45, 7) is 2.36. The maximum absolute atomic E-state index is 10.8. The first-order valence-electron chi connectivity index (χ1n) is 5.57. The van der Waals surface area contributed by atoms with Crippen LogP contribution >= 0.6 is 0 Å². The van der Waals surface area contributed by atoms with Gasteiger partial charge in [-0.3, -0.25) is 4.57 Å². The van der Waals surface area contributed by atoms with Crippen LogP contribution in [-0.4, -0.2) is 27.1 Å². The number of hydrogen-bond acceptors (Lipinski definition) is 5. The molecular formula is C10H16N4O3. The molecule has 7 nitrogen and oxygen atoms in total. The van der Waals surface area contributed by atoms with E-state index in [-0.39, 0.29) is 17.8 Å². The van der Waals surface area contributed by atoms with E-state index in [4.69, 9.17) is 10.5 Å². The van der Waals surface area contributed by atoms with Gasteiger partial charge in [0.15, 0.2) is 0 Å². The smallest absolute Gasteiger partial charge is 0.426 e. The van der Waals surface area contributed by atoms with E-state index >= 15 is 0 Å². The Labute approximate surface area is 98.7 Å². The van der Waals surface area contributed by atoms with Gasteiger partial charge in [-0.2, -0.15) is 0 Å². The molecule has 0 radical (unpaired) electrons. The molecule has 0 atom stereocenters. The number of aryl methyl sites for hydroxylation is 1. The Morgan fingerprint density at radius 2 is 2.29 bits per heavy atom. The van der Waals surface area contributed by atoms with Crippen molar-refractivity contribution in [2.75, 3.05) is 6.54 Å². The van der Waals surface area contributed by atoms with Crippen molar-refractivity contribution >= 4 is 5.82 Å². The first-order valence-corrected chi connectivity index (χ1v) is 5.57. The quantitative estimate of drug-likeness (QED) is 0.618. The molecule has 1 aromatic rings. The van der Waals surface area contributed by atoms with Crippen molar-refractivity contribution < 1.29 is 9.66 Å². The Morgan fingerprint density at radius 1 is 1.65 bits per heavy atom. The van der Waals surface area contributed by atoms with Gasteiger partial charge < -0.3 is 20.6 Å². The number of rotatable bonds is 4. The van der Waals surface area contributed by atoms with Crippen LogP contribution in [0, 0.1) is 23.0 Å². The van der Waals surface area contributed by atoms with Crippen LogP contribution in [0.4, 0.5) is 5.82 Å². The van der Waals surface area contributed by atoms with Crippen molar-refractivity contribution in [2.45, 2.75) is 25.9 Å². The highest BCUT2D eigenvalue weighted by Crippen LogP contribution is 2.34. The van der Waals surface area contributed by atoms with Crippen LogP contribution in [-0.2, 0) is 7.05 Å². The molecular weight excluding hydrogens is 224 g/mol. The molecule has 1 aromatic heterocycles. The topological polar surface area (TPSA) is 96.2 Å². The molecule has 2 rings (SSSR count). The Balaban J connectivity index is 2.12. The number of imidazole rings is 1. The molecule has 94 valence electrons. The fourth-order valence-electron chi connectivity index (χ4n) is 1.94. The first-order chi connectivity index (χ1) is 8.02. The van der Waals surface area contributed by atoms with Crippen molar-refractivity contribution in [1.29, 1.82) is 0 Å². The zero-order valence-corrected chi connectivity index (χ0v) is 9.92. The Kier molecular flexibility index (Phi) is 3.01. The molecule has 0 amide bonds. The lowest BCUT2D eigenvalue weighted by Crippen LogP contribution is -2.38. The molecule has 2 N–H and O–H groups in total. The molecule has 7 heteroatoms.